The number of carbonyl (C=O) groups is 3. The van der Waals surface area contributed by atoms with Crippen LogP contribution in [-0.2, 0) is 9.59 Å². The average Bonchev–Trinajstić information content (AvgIpc) is 2.52. The first-order valence-electron chi connectivity index (χ1n) is 7.38. The van der Waals surface area contributed by atoms with Crippen molar-refractivity contribution in [2.24, 2.45) is 0 Å². The number of amides is 2. The van der Waals surface area contributed by atoms with Gasteiger partial charge in [-0.25, -0.2) is 4.79 Å². The van der Waals surface area contributed by atoms with Gasteiger partial charge >= 0.3 is 5.97 Å². The molecule has 1 aromatic carbocycles. The first kappa shape index (κ1) is 20.4. The largest absolute Gasteiger partial charge is 0.480 e. The molecule has 0 heterocycles. The van der Waals surface area contributed by atoms with Gasteiger partial charge in [0.1, 0.15) is 11.1 Å². The molecule has 1 rings (SSSR count). The highest BCUT2D eigenvalue weighted by Crippen LogP contribution is 2.25. The topological polar surface area (TPSA) is 139 Å². The molecule has 0 aliphatic heterocycles. The smallest absolute Gasteiger partial charge is 0.329 e. The van der Waals surface area contributed by atoms with Crippen LogP contribution in [0.2, 0.25) is 5.02 Å². The highest BCUT2D eigenvalue weighted by molar-refractivity contribution is 6.34. The summed E-state index contributed by atoms with van der Waals surface area (Å²) < 4.78 is 0. The maximum Gasteiger partial charge on any atom is 0.329 e. The van der Waals surface area contributed by atoms with Crippen LogP contribution >= 0.6 is 11.6 Å². The van der Waals surface area contributed by atoms with Crippen LogP contribution in [0.15, 0.2) is 18.2 Å². The van der Waals surface area contributed by atoms with Gasteiger partial charge in [-0.05, 0) is 19.4 Å². The van der Waals surface area contributed by atoms with E-state index < -0.39 is 40.5 Å². The van der Waals surface area contributed by atoms with Crippen molar-refractivity contribution in [1.82, 2.24) is 10.6 Å². The fourth-order valence-electron chi connectivity index (χ4n) is 2.21. The predicted octanol–water partition coefficient (Wildman–Crippen LogP) is 1.74. The van der Waals surface area contributed by atoms with E-state index in [0.29, 0.717) is 6.42 Å². The summed E-state index contributed by atoms with van der Waals surface area (Å²) in [6.45, 7) is 2.58. The second kappa shape index (κ2) is 8.43. The van der Waals surface area contributed by atoms with Gasteiger partial charge in [0.05, 0.1) is 16.5 Å². The highest BCUT2D eigenvalue weighted by Gasteiger charge is 2.34. The summed E-state index contributed by atoms with van der Waals surface area (Å²) in [5.41, 5.74) is -2.32. The third-order valence-electron chi connectivity index (χ3n) is 3.46. The molecule has 136 valence electrons. The van der Waals surface area contributed by atoms with E-state index in [1.807, 2.05) is 0 Å². The van der Waals surface area contributed by atoms with E-state index in [-0.39, 0.29) is 17.0 Å². The zero-order valence-corrected chi connectivity index (χ0v) is 14.4. The fourth-order valence-corrected chi connectivity index (χ4v) is 2.47. The lowest BCUT2D eigenvalue weighted by molar-refractivity contribution is -0.385. The molecule has 25 heavy (non-hydrogen) atoms. The summed E-state index contributed by atoms with van der Waals surface area (Å²) in [5.74, 6) is -2.84. The molecule has 0 bridgehead atoms. The summed E-state index contributed by atoms with van der Waals surface area (Å²) in [6.07, 6.45) is 0.735. The minimum atomic E-state index is -1.47. The number of nitro benzene ring substituents is 1. The van der Waals surface area contributed by atoms with Gasteiger partial charge in [0.15, 0.2) is 0 Å². The first-order chi connectivity index (χ1) is 11.6. The van der Waals surface area contributed by atoms with Crippen molar-refractivity contribution in [3.8, 4) is 0 Å². The number of carbonyl (C=O) groups excluding carboxylic acids is 2. The van der Waals surface area contributed by atoms with Crippen LogP contribution in [0.25, 0.3) is 0 Å². The molecular formula is C15H18ClN3O6. The highest BCUT2D eigenvalue weighted by atomic mass is 35.5. The molecule has 0 fully saturated rings. The van der Waals surface area contributed by atoms with Crippen LogP contribution in [0.4, 0.5) is 5.69 Å². The fraction of sp³-hybridized carbons (Fsp3) is 0.400. The number of rotatable bonds is 8. The van der Waals surface area contributed by atoms with Gasteiger partial charge in [-0.3, -0.25) is 19.7 Å². The number of nitro groups is 1. The van der Waals surface area contributed by atoms with E-state index in [0.717, 1.165) is 6.07 Å². The minimum Gasteiger partial charge on any atom is -0.480 e. The summed E-state index contributed by atoms with van der Waals surface area (Å²) in [6, 6.07) is 3.75. The number of nitrogens with one attached hydrogen (secondary N) is 2. The Morgan fingerprint density at radius 2 is 2.00 bits per heavy atom. The van der Waals surface area contributed by atoms with Crippen molar-refractivity contribution < 1.29 is 24.4 Å². The SMILES string of the molecule is CCCC(C)(NC(=O)CNC(=O)c1c(Cl)cccc1[N+](=O)[O-])C(=O)O. The van der Waals surface area contributed by atoms with Gasteiger partial charge in [0.25, 0.3) is 11.6 Å². The van der Waals surface area contributed by atoms with Crippen LogP contribution in [0, 0.1) is 10.1 Å². The Morgan fingerprint density at radius 1 is 1.36 bits per heavy atom. The van der Waals surface area contributed by atoms with Crippen molar-refractivity contribution >= 4 is 35.1 Å². The van der Waals surface area contributed by atoms with E-state index in [1.165, 1.54) is 19.1 Å². The number of halogens is 1. The molecule has 0 radical (unpaired) electrons. The van der Waals surface area contributed by atoms with Gasteiger partial charge in [-0.1, -0.05) is 31.0 Å². The first-order valence-corrected chi connectivity index (χ1v) is 7.75. The second-order valence-corrected chi connectivity index (χ2v) is 5.92. The maximum atomic E-state index is 12.1. The molecule has 1 aromatic rings. The number of hydrogen-bond acceptors (Lipinski definition) is 5. The average molecular weight is 372 g/mol. The number of benzene rings is 1. The summed E-state index contributed by atoms with van der Waals surface area (Å²) >= 11 is 5.83. The number of nitrogens with zero attached hydrogens (tertiary/aromatic N) is 1. The van der Waals surface area contributed by atoms with Gasteiger partial charge < -0.3 is 15.7 Å². The van der Waals surface area contributed by atoms with Crippen LogP contribution in [-0.4, -0.2) is 39.9 Å². The Kier molecular flexibility index (Phi) is 6.86. The van der Waals surface area contributed by atoms with E-state index in [1.54, 1.807) is 6.92 Å². The number of carboxylic acid groups (broad SMARTS) is 1. The molecule has 0 aliphatic rings. The normalized spacial score (nSPS) is 12.8. The van der Waals surface area contributed by atoms with E-state index >= 15 is 0 Å². The summed E-state index contributed by atoms with van der Waals surface area (Å²) in [7, 11) is 0. The molecule has 0 aliphatic carbocycles. The van der Waals surface area contributed by atoms with Crippen molar-refractivity contribution in [3.05, 3.63) is 38.9 Å². The monoisotopic (exact) mass is 371 g/mol. The van der Waals surface area contributed by atoms with Crippen molar-refractivity contribution in [2.75, 3.05) is 6.54 Å². The van der Waals surface area contributed by atoms with Crippen LogP contribution < -0.4 is 10.6 Å². The molecule has 0 saturated heterocycles. The Hall–Kier alpha value is -2.68. The van der Waals surface area contributed by atoms with Crippen LogP contribution in [0.3, 0.4) is 0 Å². The summed E-state index contributed by atoms with van der Waals surface area (Å²) in [5, 5.41) is 24.6. The van der Waals surface area contributed by atoms with Gasteiger partial charge in [-0.15, -0.1) is 0 Å². The maximum absolute atomic E-state index is 12.1. The number of aliphatic carboxylic acids is 1. The standard InChI is InChI=1S/C15H18ClN3O6/c1-3-7-15(2,14(22)23)18-11(20)8-17-13(21)12-9(16)5-4-6-10(12)19(24)25/h4-6H,3,7-8H2,1-2H3,(H,17,21)(H,18,20)(H,22,23). The molecule has 9 nitrogen and oxygen atoms in total. The Morgan fingerprint density at radius 3 is 2.52 bits per heavy atom. The zero-order chi connectivity index (χ0) is 19.2. The molecule has 1 atom stereocenters. The van der Waals surface area contributed by atoms with Crippen LogP contribution in [0.5, 0.6) is 0 Å². The molecule has 0 spiro atoms. The van der Waals surface area contributed by atoms with E-state index in [2.05, 4.69) is 10.6 Å². The van der Waals surface area contributed by atoms with Gasteiger partial charge in [0, 0.05) is 6.07 Å². The van der Waals surface area contributed by atoms with Gasteiger partial charge in [-0.2, -0.15) is 0 Å². The van der Waals surface area contributed by atoms with E-state index in [9.17, 15) is 29.6 Å². The molecule has 0 aromatic heterocycles. The third-order valence-corrected chi connectivity index (χ3v) is 3.78. The van der Waals surface area contributed by atoms with E-state index in [4.69, 9.17) is 11.6 Å². The Balaban J connectivity index is 2.82. The van der Waals surface area contributed by atoms with Gasteiger partial charge in [0.2, 0.25) is 5.91 Å². The van der Waals surface area contributed by atoms with Crippen LogP contribution in [0.1, 0.15) is 37.0 Å². The number of hydrogen-bond donors (Lipinski definition) is 3. The molecule has 2 amide bonds. The summed E-state index contributed by atoms with van der Waals surface area (Å²) in [4.78, 5) is 45.5. The molecule has 0 saturated carbocycles. The zero-order valence-electron chi connectivity index (χ0n) is 13.7. The third kappa shape index (κ3) is 5.15. The Labute approximate surface area is 148 Å². The minimum absolute atomic E-state index is 0.131. The molecule has 1 unspecified atom stereocenters. The quantitative estimate of drug-likeness (QED) is 0.470. The second-order valence-electron chi connectivity index (χ2n) is 5.51. The lowest BCUT2D eigenvalue weighted by Gasteiger charge is -2.25. The van der Waals surface area contributed by atoms with Crippen molar-refractivity contribution in [2.45, 2.75) is 32.2 Å². The predicted molar refractivity (Wildman–Crippen MR) is 89.5 cm³/mol. The molecule has 3 N–H and O–H groups in total. The molecule has 10 heteroatoms. The molecular weight excluding hydrogens is 354 g/mol. The van der Waals surface area contributed by atoms with Crippen molar-refractivity contribution in [1.29, 1.82) is 0 Å². The lowest BCUT2D eigenvalue weighted by Crippen LogP contribution is -2.54. The lowest BCUT2D eigenvalue weighted by atomic mass is 9.96. The Bertz CT molecular complexity index is 709. The number of carboxylic acids is 1. The van der Waals surface area contributed by atoms with Crippen molar-refractivity contribution in [3.63, 3.8) is 0 Å².